The molecule has 0 saturated carbocycles. The fraction of sp³-hybridized carbons (Fsp3) is 0.700. The summed E-state index contributed by atoms with van der Waals surface area (Å²) in [5, 5.41) is 0.599. The molecule has 1 unspecified atom stereocenters. The molecule has 0 radical (unpaired) electrons. The molecular weight excluding hydrogens is 288 g/mol. The maximum atomic E-state index is 12.3. The van der Waals surface area contributed by atoms with Crippen molar-refractivity contribution in [3.05, 3.63) is 0 Å². The number of anilines is 2. The van der Waals surface area contributed by atoms with Crippen LogP contribution in [0.5, 0.6) is 0 Å². The quantitative estimate of drug-likeness (QED) is 0.858. The van der Waals surface area contributed by atoms with Gasteiger partial charge in [0.1, 0.15) is 5.00 Å². The van der Waals surface area contributed by atoms with Crippen molar-refractivity contribution in [3.63, 3.8) is 0 Å². The first-order chi connectivity index (χ1) is 8.85. The van der Waals surface area contributed by atoms with E-state index in [-0.39, 0.29) is 16.8 Å². The Bertz CT molecular complexity index is 555. The molecule has 7 nitrogen and oxygen atoms in total. The van der Waals surface area contributed by atoms with Crippen molar-refractivity contribution in [1.82, 2.24) is 8.68 Å². The van der Waals surface area contributed by atoms with Crippen molar-refractivity contribution in [2.45, 2.75) is 17.9 Å². The van der Waals surface area contributed by atoms with Gasteiger partial charge in [-0.05, 0) is 18.5 Å². The van der Waals surface area contributed by atoms with E-state index >= 15 is 0 Å². The maximum Gasteiger partial charge on any atom is 0.249 e. The maximum absolute atomic E-state index is 12.3. The molecule has 2 rings (SSSR count). The number of sulfonamides is 1. The Morgan fingerprint density at radius 1 is 1.53 bits per heavy atom. The summed E-state index contributed by atoms with van der Waals surface area (Å²) in [6, 6.07) is 0.102. The highest BCUT2D eigenvalue weighted by Gasteiger charge is 2.32. The fourth-order valence-electron chi connectivity index (χ4n) is 1.92. The average Bonchev–Trinajstić information content (AvgIpc) is 2.72. The van der Waals surface area contributed by atoms with Crippen molar-refractivity contribution in [1.29, 1.82) is 0 Å². The monoisotopic (exact) mass is 306 g/mol. The second-order valence-corrected chi connectivity index (χ2v) is 7.45. The molecular formula is C10H18N4O3S2. The second-order valence-electron chi connectivity index (χ2n) is 4.61. The molecule has 0 spiro atoms. The summed E-state index contributed by atoms with van der Waals surface area (Å²) in [6.45, 7) is 3.77. The minimum absolute atomic E-state index is 0.0624. The van der Waals surface area contributed by atoms with E-state index in [1.54, 1.807) is 0 Å². The summed E-state index contributed by atoms with van der Waals surface area (Å²) >= 11 is 1.12. The van der Waals surface area contributed by atoms with Crippen LogP contribution in [0.25, 0.3) is 0 Å². The zero-order valence-corrected chi connectivity index (χ0v) is 12.8. The zero-order valence-electron chi connectivity index (χ0n) is 11.2. The van der Waals surface area contributed by atoms with Gasteiger partial charge in [-0.3, -0.25) is 0 Å². The van der Waals surface area contributed by atoms with E-state index in [0.29, 0.717) is 24.8 Å². The molecule has 1 atom stereocenters. The summed E-state index contributed by atoms with van der Waals surface area (Å²) in [4.78, 5) is 2.10. The van der Waals surface area contributed by atoms with Gasteiger partial charge in [0.15, 0.2) is 10.7 Å². The minimum atomic E-state index is -3.59. The molecule has 1 aliphatic heterocycles. The van der Waals surface area contributed by atoms with Crippen LogP contribution in [-0.2, 0) is 14.8 Å². The van der Waals surface area contributed by atoms with Gasteiger partial charge in [0.25, 0.3) is 0 Å². The Labute approximate surface area is 117 Å². The van der Waals surface area contributed by atoms with Gasteiger partial charge in [0, 0.05) is 20.6 Å². The Morgan fingerprint density at radius 3 is 2.79 bits per heavy atom. The third-order valence-electron chi connectivity index (χ3n) is 3.02. The molecule has 0 aromatic carbocycles. The number of ether oxygens (including phenoxy) is 1. The molecule has 1 fully saturated rings. The van der Waals surface area contributed by atoms with Crippen LogP contribution in [0.2, 0.25) is 0 Å². The molecule has 2 N–H and O–H groups in total. The third kappa shape index (κ3) is 2.55. The van der Waals surface area contributed by atoms with Crippen molar-refractivity contribution in [2.24, 2.45) is 0 Å². The molecule has 0 bridgehead atoms. The van der Waals surface area contributed by atoms with E-state index in [1.165, 1.54) is 14.1 Å². The fourth-order valence-corrected chi connectivity index (χ4v) is 4.26. The van der Waals surface area contributed by atoms with Crippen LogP contribution in [0.15, 0.2) is 4.90 Å². The van der Waals surface area contributed by atoms with E-state index < -0.39 is 10.0 Å². The summed E-state index contributed by atoms with van der Waals surface area (Å²) in [6.07, 6.45) is 0. The van der Waals surface area contributed by atoms with Gasteiger partial charge >= 0.3 is 0 Å². The van der Waals surface area contributed by atoms with Crippen molar-refractivity contribution in [2.75, 3.05) is 44.5 Å². The number of nitrogens with zero attached hydrogens (tertiary/aromatic N) is 3. The number of nitrogen functional groups attached to an aromatic ring is 1. The van der Waals surface area contributed by atoms with Crippen molar-refractivity contribution in [3.8, 4) is 0 Å². The standard InChI is InChI=1S/C10H18N4O3S2/c1-7-6-17-5-4-14(7)10-8(9(11)12-18-10)19(15,16)13(2)3/h7H,4-6H2,1-3H3,(H2,11,12). The van der Waals surface area contributed by atoms with Gasteiger partial charge in [-0.15, -0.1) is 0 Å². The second kappa shape index (κ2) is 5.23. The number of hydrogen-bond acceptors (Lipinski definition) is 7. The molecule has 2 heterocycles. The van der Waals surface area contributed by atoms with Crippen LogP contribution in [0.1, 0.15) is 6.92 Å². The van der Waals surface area contributed by atoms with Crippen LogP contribution < -0.4 is 10.6 Å². The molecule has 108 valence electrons. The Hall–Kier alpha value is -0.900. The highest BCUT2D eigenvalue weighted by Crippen LogP contribution is 2.37. The van der Waals surface area contributed by atoms with E-state index in [4.69, 9.17) is 10.5 Å². The minimum Gasteiger partial charge on any atom is -0.382 e. The lowest BCUT2D eigenvalue weighted by Crippen LogP contribution is -2.44. The highest BCUT2D eigenvalue weighted by atomic mass is 32.2. The Balaban J connectivity index is 2.49. The lowest BCUT2D eigenvalue weighted by atomic mass is 10.2. The van der Waals surface area contributed by atoms with Crippen molar-refractivity contribution < 1.29 is 13.2 Å². The molecule has 1 aromatic rings. The van der Waals surface area contributed by atoms with Crippen molar-refractivity contribution >= 4 is 32.4 Å². The number of nitrogens with two attached hydrogens (primary N) is 1. The predicted octanol–water partition coefficient (Wildman–Crippen LogP) is 0.201. The predicted molar refractivity (Wildman–Crippen MR) is 75.0 cm³/mol. The summed E-state index contributed by atoms with van der Waals surface area (Å²) < 4.78 is 35.2. The zero-order chi connectivity index (χ0) is 14.2. The lowest BCUT2D eigenvalue weighted by molar-refractivity contribution is 0.0990. The highest BCUT2D eigenvalue weighted by molar-refractivity contribution is 7.89. The molecule has 0 amide bonds. The van der Waals surface area contributed by atoms with Crippen LogP contribution in [0.3, 0.4) is 0 Å². The summed E-state index contributed by atoms with van der Waals surface area (Å²) in [5.74, 6) is 0.0624. The number of rotatable bonds is 3. The van der Waals surface area contributed by atoms with E-state index in [2.05, 4.69) is 4.37 Å². The first-order valence-corrected chi connectivity index (χ1v) is 8.09. The molecule has 19 heavy (non-hydrogen) atoms. The van der Waals surface area contributed by atoms with Gasteiger partial charge < -0.3 is 15.4 Å². The summed E-state index contributed by atoms with van der Waals surface area (Å²) in [5.41, 5.74) is 5.75. The van der Waals surface area contributed by atoms with Gasteiger partial charge in [-0.2, -0.15) is 4.37 Å². The number of aromatic nitrogens is 1. The summed E-state index contributed by atoms with van der Waals surface area (Å²) in [7, 11) is -0.624. The molecule has 1 saturated heterocycles. The van der Waals surface area contributed by atoms with Crippen LogP contribution in [0, 0.1) is 0 Å². The third-order valence-corrected chi connectivity index (χ3v) is 5.93. The van der Waals surface area contributed by atoms with E-state index in [0.717, 1.165) is 15.8 Å². The SMILES string of the molecule is CC1COCCN1c1snc(N)c1S(=O)(=O)N(C)C. The topological polar surface area (TPSA) is 88.8 Å². The van der Waals surface area contributed by atoms with Crippen LogP contribution in [-0.4, -0.2) is 57.0 Å². The first-order valence-electron chi connectivity index (χ1n) is 5.87. The number of morpholine rings is 1. The van der Waals surface area contributed by atoms with Crippen LogP contribution >= 0.6 is 11.5 Å². The smallest absolute Gasteiger partial charge is 0.249 e. The van der Waals surface area contributed by atoms with Crippen LogP contribution in [0.4, 0.5) is 10.8 Å². The Morgan fingerprint density at radius 2 is 2.21 bits per heavy atom. The Kier molecular flexibility index (Phi) is 4.00. The molecule has 0 aliphatic carbocycles. The normalized spacial score (nSPS) is 21.1. The van der Waals surface area contributed by atoms with Gasteiger partial charge in [-0.25, -0.2) is 12.7 Å². The van der Waals surface area contributed by atoms with Gasteiger partial charge in [0.05, 0.1) is 19.3 Å². The molecule has 1 aromatic heterocycles. The van der Waals surface area contributed by atoms with E-state index in [9.17, 15) is 8.42 Å². The lowest BCUT2D eigenvalue weighted by Gasteiger charge is -2.34. The molecule has 9 heteroatoms. The number of hydrogen-bond donors (Lipinski definition) is 1. The van der Waals surface area contributed by atoms with Gasteiger partial charge in [0.2, 0.25) is 10.0 Å². The average molecular weight is 306 g/mol. The first kappa shape index (κ1) is 14.5. The molecule has 1 aliphatic rings. The van der Waals surface area contributed by atoms with Gasteiger partial charge in [-0.1, -0.05) is 0 Å². The largest absolute Gasteiger partial charge is 0.382 e. The van der Waals surface area contributed by atoms with E-state index in [1.807, 2.05) is 11.8 Å².